The summed E-state index contributed by atoms with van der Waals surface area (Å²) in [5, 5.41) is 3.18. The fraction of sp³-hybridized carbons (Fsp3) is 0.310. The Kier molecular flexibility index (Phi) is 10.1. The molecule has 0 bridgehead atoms. The number of carbonyl (C=O) groups is 2. The summed E-state index contributed by atoms with van der Waals surface area (Å²) in [7, 11) is -4.19. The lowest BCUT2D eigenvalue weighted by Crippen LogP contribution is -2.53. The quantitative estimate of drug-likeness (QED) is 0.337. The van der Waals surface area contributed by atoms with Gasteiger partial charge in [0, 0.05) is 17.6 Å². The van der Waals surface area contributed by atoms with Crippen LogP contribution < -0.4 is 9.62 Å². The summed E-state index contributed by atoms with van der Waals surface area (Å²) in [5.41, 5.74) is 1.55. The van der Waals surface area contributed by atoms with Crippen LogP contribution in [0.4, 0.5) is 10.1 Å². The Hall–Kier alpha value is -3.43. The number of rotatable bonds is 11. The lowest BCUT2D eigenvalue weighted by Gasteiger charge is -2.33. The van der Waals surface area contributed by atoms with E-state index in [0.717, 1.165) is 9.87 Å². The van der Waals surface area contributed by atoms with Crippen molar-refractivity contribution in [1.29, 1.82) is 0 Å². The van der Waals surface area contributed by atoms with E-state index in [-0.39, 0.29) is 35.5 Å². The predicted octanol–water partition coefficient (Wildman–Crippen LogP) is 5.31. The van der Waals surface area contributed by atoms with Gasteiger partial charge in [0.25, 0.3) is 10.0 Å². The summed E-state index contributed by atoms with van der Waals surface area (Å²) < 4.78 is 42.1. The molecular weight excluding hydrogens is 541 g/mol. The Morgan fingerprint density at radius 3 is 2.21 bits per heavy atom. The SMILES string of the molecule is CC[C@H](C(=O)NC(C)C)N(Cc1ccc(F)cc1)C(=O)CN(c1ccc(C)c(Cl)c1)S(=O)(=O)c1ccccc1. The van der Waals surface area contributed by atoms with Crippen molar-refractivity contribution in [3.05, 3.63) is 94.8 Å². The average molecular weight is 574 g/mol. The maximum atomic E-state index is 14.0. The van der Waals surface area contributed by atoms with E-state index >= 15 is 0 Å². The van der Waals surface area contributed by atoms with E-state index in [1.165, 1.54) is 47.4 Å². The van der Waals surface area contributed by atoms with E-state index in [2.05, 4.69) is 5.32 Å². The molecule has 39 heavy (non-hydrogen) atoms. The van der Waals surface area contributed by atoms with Gasteiger partial charge in [0.05, 0.1) is 10.6 Å². The van der Waals surface area contributed by atoms with Gasteiger partial charge in [-0.05, 0) is 74.7 Å². The van der Waals surface area contributed by atoms with Crippen LogP contribution in [-0.4, -0.2) is 43.8 Å². The Bertz CT molecular complexity index is 1400. The minimum atomic E-state index is -4.19. The van der Waals surface area contributed by atoms with Gasteiger partial charge in [-0.1, -0.05) is 54.9 Å². The molecule has 0 saturated carbocycles. The van der Waals surface area contributed by atoms with Crippen LogP contribution in [0.5, 0.6) is 0 Å². The molecule has 3 rings (SSSR count). The summed E-state index contributed by atoms with van der Waals surface area (Å²) in [6.07, 6.45) is 0.285. The topological polar surface area (TPSA) is 86.8 Å². The number of aryl methyl sites for hydroxylation is 1. The van der Waals surface area contributed by atoms with E-state index in [0.29, 0.717) is 10.6 Å². The fourth-order valence-electron chi connectivity index (χ4n) is 4.07. The number of halogens is 2. The lowest BCUT2D eigenvalue weighted by atomic mass is 10.1. The molecule has 0 fully saturated rings. The van der Waals surface area contributed by atoms with Crippen molar-refractivity contribution in [2.75, 3.05) is 10.8 Å². The van der Waals surface area contributed by atoms with Gasteiger partial charge in [0.2, 0.25) is 11.8 Å². The molecule has 10 heteroatoms. The molecule has 1 atom stereocenters. The number of amides is 2. The second-order valence-electron chi connectivity index (χ2n) is 9.49. The van der Waals surface area contributed by atoms with Crippen LogP contribution in [0, 0.1) is 12.7 Å². The summed E-state index contributed by atoms with van der Waals surface area (Å²) in [4.78, 5) is 28.4. The molecule has 1 N–H and O–H groups in total. The number of hydrogen-bond acceptors (Lipinski definition) is 4. The maximum Gasteiger partial charge on any atom is 0.264 e. The molecule has 3 aromatic rings. The summed E-state index contributed by atoms with van der Waals surface area (Å²) >= 11 is 6.34. The highest BCUT2D eigenvalue weighted by atomic mass is 35.5. The average Bonchev–Trinajstić information content (AvgIpc) is 2.90. The first-order valence-corrected chi connectivity index (χ1v) is 14.4. The number of sulfonamides is 1. The molecule has 0 spiro atoms. The van der Waals surface area contributed by atoms with Gasteiger partial charge >= 0.3 is 0 Å². The van der Waals surface area contributed by atoms with Crippen LogP contribution in [0.15, 0.2) is 77.7 Å². The third-order valence-corrected chi connectivity index (χ3v) is 8.33. The zero-order chi connectivity index (χ0) is 28.7. The standard InChI is InChI=1S/C29H33ClFN3O4S/c1-5-27(29(36)32-20(2)3)33(18-22-12-14-23(31)15-13-22)28(35)19-34(24-16-11-21(4)26(30)17-24)39(37,38)25-9-7-6-8-10-25/h6-17,20,27H,5,18-19H2,1-4H3,(H,32,36)/t27-/m1/s1. The van der Waals surface area contributed by atoms with E-state index in [4.69, 9.17) is 11.6 Å². The molecule has 0 aliphatic carbocycles. The normalized spacial score (nSPS) is 12.2. The van der Waals surface area contributed by atoms with Gasteiger partial charge < -0.3 is 10.2 Å². The maximum absolute atomic E-state index is 14.0. The number of carbonyl (C=O) groups excluding carboxylic acids is 2. The lowest BCUT2D eigenvalue weighted by molar-refractivity contribution is -0.140. The van der Waals surface area contributed by atoms with Gasteiger partial charge in [-0.3, -0.25) is 13.9 Å². The third kappa shape index (κ3) is 7.58. The highest BCUT2D eigenvalue weighted by Crippen LogP contribution is 2.28. The number of anilines is 1. The van der Waals surface area contributed by atoms with Gasteiger partial charge in [-0.15, -0.1) is 0 Å². The first kappa shape index (κ1) is 30.1. The molecule has 0 aromatic heterocycles. The number of nitrogens with one attached hydrogen (secondary N) is 1. The van der Waals surface area contributed by atoms with E-state index in [1.54, 1.807) is 44.2 Å². The van der Waals surface area contributed by atoms with Gasteiger partial charge in [0.15, 0.2) is 0 Å². The Morgan fingerprint density at radius 2 is 1.64 bits per heavy atom. The van der Waals surface area contributed by atoms with Crippen LogP contribution in [0.3, 0.4) is 0 Å². The third-order valence-electron chi connectivity index (χ3n) is 6.14. The van der Waals surface area contributed by atoms with Crippen LogP contribution in [0.1, 0.15) is 38.3 Å². The van der Waals surface area contributed by atoms with Crippen LogP contribution >= 0.6 is 11.6 Å². The molecule has 208 valence electrons. The van der Waals surface area contributed by atoms with Crippen LogP contribution in [0.2, 0.25) is 5.02 Å². The monoisotopic (exact) mass is 573 g/mol. The largest absolute Gasteiger partial charge is 0.352 e. The van der Waals surface area contributed by atoms with Crippen LogP contribution in [0.25, 0.3) is 0 Å². The number of nitrogens with zero attached hydrogens (tertiary/aromatic N) is 2. The van der Waals surface area contributed by atoms with Crippen molar-refractivity contribution >= 4 is 39.1 Å². The predicted molar refractivity (Wildman–Crippen MR) is 151 cm³/mol. The molecule has 0 unspecified atom stereocenters. The molecule has 0 aliphatic rings. The summed E-state index contributed by atoms with van der Waals surface area (Å²) in [6.45, 7) is 6.59. The van der Waals surface area contributed by atoms with Crippen molar-refractivity contribution in [3.63, 3.8) is 0 Å². The molecule has 3 aromatic carbocycles. The Morgan fingerprint density at radius 1 is 1.00 bits per heavy atom. The smallest absolute Gasteiger partial charge is 0.264 e. The second kappa shape index (κ2) is 13.1. The van der Waals surface area contributed by atoms with Crippen molar-refractivity contribution in [1.82, 2.24) is 10.2 Å². The zero-order valence-corrected chi connectivity index (χ0v) is 24.0. The Labute approximate surface area is 234 Å². The minimum absolute atomic E-state index is 0.00387. The summed E-state index contributed by atoms with van der Waals surface area (Å²) in [6, 6.07) is 17.1. The number of benzene rings is 3. The molecular formula is C29H33ClFN3O4S. The van der Waals surface area contributed by atoms with E-state index in [1.807, 2.05) is 13.8 Å². The fourth-order valence-corrected chi connectivity index (χ4v) is 5.67. The molecule has 2 amide bonds. The van der Waals surface area contributed by atoms with E-state index in [9.17, 15) is 22.4 Å². The first-order chi connectivity index (χ1) is 18.4. The van der Waals surface area contributed by atoms with Gasteiger partial charge in [0.1, 0.15) is 18.4 Å². The van der Waals surface area contributed by atoms with Gasteiger partial charge in [-0.2, -0.15) is 0 Å². The molecule has 0 aliphatic heterocycles. The first-order valence-electron chi connectivity index (χ1n) is 12.6. The van der Waals surface area contributed by atoms with Gasteiger partial charge in [-0.25, -0.2) is 12.8 Å². The van der Waals surface area contributed by atoms with Crippen molar-refractivity contribution in [3.8, 4) is 0 Å². The molecule has 7 nitrogen and oxygen atoms in total. The summed E-state index contributed by atoms with van der Waals surface area (Å²) in [5.74, 6) is -1.39. The zero-order valence-electron chi connectivity index (χ0n) is 22.4. The molecule has 0 saturated heterocycles. The highest BCUT2D eigenvalue weighted by molar-refractivity contribution is 7.92. The van der Waals surface area contributed by atoms with Crippen molar-refractivity contribution in [2.24, 2.45) is 0 Å². The second-order valence-corrected chi connectivity index (χ2v) is 11.8. The molecule has 0 radical (unpaired) electrons. The number of hydrogen-bond donors (Lipinski definition) is 1. The van der Waals surface area contributed by atoms with Crippen molar-refractivity contribution in [2.45, 2.75) is 57.6 Å². The molecule has 0 heterocycles. The van der Waals surface area contributed by atoms with E-state index < -0.39 is 34.3 Å². The van der Waals surface area contributed by atoms with Crippen LogP contribution in [-0.2, 0) is 26.2 Å². The van der Waals surface area contributed by atoms with Crippen molar-refractivity contribution < 1.29 is 22.4 Å². The highest BCUT2D eigenvalue weighted by Gasteiger charge is 2.34. The minimum Gasteiger partial charge on any atom is -0.352 e. The Balaban J connectivity index is 2.07.